The third kappa shape index (κ3) is 7.50. The van der Waals surface area contributed by atoms with Crippen LogP contribution in [0.2, 0.25) is 0 Å². The molecular weight excluding hydrogens is 242 g/mol. The minimum Gasteiger partial charge on any atom is -0.368 e. The summed E-state index contributed by atoms with van der Waals surface area (Å²) in [5, 5.41) is 6.19. The fraction of sp³-hybridized carbons (Fsp3) is 0.929. The lowest BCUT2D eigenvalue weighted by Crippen LogP contribution is -2.36. The van der Waals surface area contributed by atoms with Crippen LogP contribution in [0.25, 0.3) is 0 Å². The second-order valence-electron chi connectivity index (χ2n) is 5.54. The van der Waals surface area contributed by atoms with Crippen molar-refractivity contribution >= 4 is 5.91 Å². The van der Waals surface area contributed by atoms with Crippen molar-refractivity contribution in [3.8, 4) is 0 Å². The minimum absolute atomic E-state index is 0.00531. The predicted molar refractivity (Wildman–Crippen MR) is 77.2 cm³/mol. The van der Waals surface area contributed by atoms with Gasteiger partial charge in [0.1, 0.15) is 6.61 Å². The van der Waals surface area contributed by atoms with Crippen molar-refractivity contribution in [3.63, 3.8) is 0 Å². The fourth-order valence-corrected chi connectivity index (χ4v) is 2.02. The van der Waals surface area contributed by atoms with E-state index in [0.29, 0.717) is 6.04 Å². The molecule has 19 heavy (non-hydrogen) atoms. The number of amides is 1. The third-order valence-corrected chi connectivity index (χ3v) is 3.63. The van der Waals surface area contributed by atoms with Gasteiger partial charge in [-0.15, -0.1) is 0 Å². The summed E-state index contributed by atoms with van der Waals surface area (Å²) in [6.45, 7) is 8.27. The van der Waals surface area contributed by atoms with Crippen molar-refractivity contribution in [2.75, 3.05) is 39.8 Å². The Balaban J connectivity index is 1.98. The van der Waals surface area contributed by atoms with Gasteiger partial charge < -0.3 is 20.3 Å². The molecule has 0 aromatic rings. The van der Waals surface area contributed by atoms with Gasteiger partial charge in [0.15, 0.2) is 0 Å². The van der Waals surface area contributed by atoms with Gasteiger partial charge in [-0.2, -0.15) is 0 Å². The Bertz CT molecular complexity index is 253. The summed E-state index contributed by atoms with van der Waals surface area (Å²) >= 11 is 0. The smallest absolute Gasteiger partial charge is 0.246 e. The molecule has 1 saturated heterocycles. The van der Waals surface area contributed by atoms with Crippen molar-refractivity contribution < 1.29 is 9.53 Å². The molecule has 0 aromatic carbocycles. The van der Waals surface area contributed by atoms with Crippen LogP contribution in [-0.2, 0) is 9.53 Å². The number of nitrogens with zero attached hydrogens (tertiary/aromatic N) is 1. The maximum Gasteiger partial charge on any atom is 0.246 e. The molecule has 1 heterocycles. The standard InChI is InChI=1S/C14H29N3O2/c1-12(2)17(3)10-4-7-16-14(18)11-19-13-5-8-15-9-6-13/h12-13,15H,4-11H2,1-3H3,(H,16,18). The number of carbonyl (C=O) groups excluding carboxylic acids is 1. The quantitative estimate of drug-likeness (QED) is 0.635. The van der Waals surface area contributed by atoms with Crippen molar-refractivity contribution in [1.29, 1.82) is 0 Å². The lowest BCUT2D eigenvalue weighted by Gasteiger charge is -2.23. The molecule has 0 unspecified atom stereocenters. The van der Waals surface area contributed by atoms with E-state index in [2.05, 4.69) is 36.4 Å². The molecule has 5 nitrogen and oxygen atoms in total. The normalized spacial score (nSPS) is 17.1. The summed E-state index contributed by atoms with van der Waals surface area (Å²) in [5.74, 6) is 0.00531. The number of hydrogen-bond donors (Lipinski definition) is 2. The molecule has 1 rings (SSSR count). The molecule has 0 saturated carbocycles. The van der Waals surface area contributed by atoms with Crippen LogP contribution >= 0.6 is 0 Å². The Morgan fingerprint density at radius 1 is 1.42 bits per heavy atom. The Kier molecular flexibility index (Phi) is 8.02. The number of ether oxygens (including phenoxy) is 1. The van der Waals surface area contributed by atoms with E-state index in [1.54, 1.807) is 0 Å². The van der Waals surface area contributed by atoms with Crippen LogP contribution in [0.4, 0.5) is 0 Å². The van der Waals surface area contributed by atoms with Crippen LogP contribution in [0.3, 0.4) is 0 Å². The average molecular weight is 271 g/mol. The van der Waals surface area contributed by atoms with E-state index in [0.717, 1.165) is 45.4 Å². The first-order valence-corrected chi connectivity index (χ1v) is 7.39. The van der Waals surface area contributed by atoms with Gasteiger partial charge in [0.25, 0.3) is 0 Å². The maximum atomic E-state index is 11.6. The zero-order valence-corrected chi connectivity index (χ0v) is 12.6. The van der Waals surface area contributed by atoms with E-state index in [9.17, 15) is 4.79 Å². The van der Waals surface area contributed by atoms with Crippen molar-refractivity contribution in [2.45, 2.75) is 45.3 Å². The van der Waals surface area contributed by atoms with Gasteiger partial charge in [-0.3, -0.25) is 4.79 Å². The topological polar surface area (TPSA) is 53.6 Å². The highest BCUT2D eigenvalue weighted by molar-refractivity contribution is 5.77. The Morgan fingerprint density at radius 2 is 2.11 bits per heavy atom. The first-order chi connectivity index (χ1) is 9.09. The van der Waals surface area contributed by atoms with Crippen LogP contribution in [0.1, 0.15) is 33.1 Å². The summed E-state index contributed by atoms with van der Waals surface area (Å²) in [4.78, 5) is 13.9. The number of piperidine rings is 1. The van der Waals surface area contributed by atoms with E-state index in [1.807, 2.05) is 0 Å². The molecule has 0 aliphatic carbocycles. The monoisotopic (exact) mass is 271 g/mol. The molecule has 1 amide bonds. The zero-order valence-electron chi connectivity index (χ0n) is 12.6. The summed E-state index contributed by atoms with van der Waals surface area (Å²) in [7, 11) is 2.10. The first kappa shape index (κ1) is 16.4. The molecule has 5 heteroatoms. The van der Waals surface area contributed by atoms with Crippen molar-refractivity contribution in [2.24, 2.45) is 0 Å². The SMILES string of the molecule is CC(C)N(C)CCCNC(=O)COC1CCNCC1. The van der Waals surface area contributed by atoms with E-state index in [1.165, 1.54) is 0 Å². The lowest BCUT2D eigenvalue weighted by atomic mass is 10.1. The summed E-state index contributed by atoms with van der Waals surface area (Å²) in [6, 6.07) is 0.555. The Hall–Kier alpha value is -0.650. The van der Waals surface area contributed by atoms with Gasteiger partial charge >= 0.3 is 0 Å². The van der Waals surface area contributed by atoms with Crippen LogP contribution in [0.5, 0.6) is 0 Å². The van der Waals surface area contributed by atoms with E-state index >= 15 is 0 Å². The van der Waals surface area contributed by atoms with Gasteiger partial charge in [0.05, 0.1) is 6.10 Å². The Labute approximate surface area is 117 Å². The fourth-order valence-electron chi connectivity index (χ4n) is 2.02. The molecular formula is C14H29N3O2. The summed E-state index contributed by atoms with van der Waals surface area (Å²) in [6.07, 6.45) is 3.24. The molecule has 0 spiro atoms. The number of hydrogen-bond acceptors (Lipinski definition) is 4. The van der Waals surface area contributed by atoms with Crippen molar-refractivity contribution in [3.05, 3.63) is 0 Å². The van der Waals surface area contributed by atoms with Crippen LogP contribution in [0, 0.1) is 0 Å². The molecule has 1 aliphatic heterocycles. The highest BCUT2D eigenvalue weighted by Crippen LogP contribution is 2.06. The van der Waals surface area contributed by atoms with Crippen molar-refractivity contribution in [1.82, 2.24) is 15.5 Å². The molecule has 1 aliphatic rings. The molecule has 0 bridgehead atoms. The molecule has 1 fully saturated rings. The van der Waals surface area contributed by atoms with Gasteiger partial charge in [0.2, 0.25) is 5.91 Å². The second kappa shape index (κ2) is 9.28. The average Bonchev–Trinajstić information content (AvgIpc) is 2.42. The van der Waals surface area contributed by atoms with Gasteiger partial charge in [-0.25, -0.2) is 0 Å². The second-order valence-corrected chi connectivity index (χ2v) is 5.54. The number of carbonyl (C=O) groups is 1. The zero-order chi connectivity index (χ0) is 14.1. The van der Waals surface area contributed by atoms with Gasteiger partial charge in [-0.1, -0.05) is 0 Å². The maximum absolute atomic E-state index is 11.6. The summed E-state index contributed by atoms with van der Waals surface area (Å²) in [5.41, 5.74) is 0. The highest BCUT2D eigenvalue weighted by Gasteiger charge is 2.14. The lowest BCUT2D eigenvalue weighted by molar-refractivity contribution is -0.128. The summed E-state index contributed by atoms with van der Waals surface area (Å²) < 4.78 is 5.60. The minimum atomic E-state index is 0.00531. The van der Waals surface area contributed by atoms with Gasteiger partial charge in [0, 0.05) is 12.6 Å². The van der Waals surface area contributed by atoms with Gasteiger partial charge in [-0.05, 0) is 59.8 Å². The number of rotatable bonds is 8. The predicted octanol–water partition coefficient (Wildman–Crippen LogP) is 0.602. The van der Waals surface area contributed by atoms with Crippen LogP contribution < -0.4 is 10.6 Å². The Morgan fingerprint density at radius 3 is 2.74 bits per heavy atom. The van der Waals surface area contributed by atoms with E-state index in [-0.39, 0.29) is 18.6 Å². The molecule has 2 N–H and O–H groups in total. The first-order valence-electron chi connectivity index (χ1n) is 7.39. The molecule has 0 aromatic heterocycles. The van der Waals surface area contributed by atoms with Crippen LogP contribution in [-0.4, -0.2) is 62.8 Å². The third-order valence-electron chi connectivity index (χ3n) is 3.63. The van der Waals surface area contributed by atoms with E-state index < -0.39 is 0 Å². The molecule has 0 radical (unpaired) electrons. The molecule has 112 valence electrons. The largest absolute Gasteiger partial charge is 0.368 e. The van der Waals surface area contributed by atoms with Crippen LogP contribution in [0.15, 0.2) is 0 Å². The van der Waals surface area contributed by atoms with E-state index in [4.69, 9.17) is 4.74 Å². The number of nitrogens with one attached hydrogen (secondary N) is 2. The molecule has 0 atom stereocenters. The highest BCUT2D eigenvalue weighted by atomic mass is 16.5.